The molecule has 0 aliphatic rings. The Morgan fingerprint density at radius 1 is 1.33 bits per heavy atom. The number of aromatic nitrogens is 1. The number of rotatable bonds is 6. The molecule has 0 atom stereocenters. The molecular weight excluding hydrogens is 274 g/mol. The van der Waals surface area contributed by atoms with Crippen LogP contribution in [-0.4, -0.2) is 30.3 Å². The minimum absolute atomic E-state index is 0.268. The van der Waals surface area contributed by atoms with Crippen LogP contribution in [0.1, 0.15) is 6.42 Å². The molecule has 98 valence electrons. The zero-order valence-corrected chi connectivity index (χ0v) is 11.1. The first-order valence-corrected chi connectivity index (χ1v) is 7.72. The molecule has 2 rings (SSSR count). The Morgan fingerprint density at radius 2 is 2.11 bits per heavy atom. The van der Waals surface area contributed by atoms with Gasteiger partial charge < -0.3 is 4.55 Å². The van der Waals surface area contributed by atoms with Crippen molar-refractivity contribution >= 4 is 36.8 Å². The van der Waals surface area contributed by atoms with Gasteiger partial charge in [-0.25, -0.2) is 18.8 Å². The highest BCUT2D eigenvalue weighted by Gasteiger charge is 2.01. The molecule has 6 nitrogen and oxygen atoms in total. The molecule has 8 heteroatoms. The Hall–Kier alpha value is -1.22. The predicted octanol–water partition coefficient (Wildman–Crippen LogP) is 1.15. The monoisotopic (exact) mass is 286 g/mol. The molecule has 0 fully saturated rings. The van der Waals surface area contributed by atoms with Crippen molar-refractivity contribution in [2.24, 2.45) is 0 Å². The Labute approximate surface area is 109 Å². The molecule has 18 heavy (non-hydrogen) atoms. The number of hydrogen-bond acceptors (Lipinski definition) is 7. The maximum Gasteiger partial charge on any atom is 0.198 e. The molecule has 0 saturated heterocycles. The van der Waals surface area contributed by atoms with Gasteiger partial charge in [-0.3, -0.25) is 5.43 Å². The van der Waals surface area contributed by atoms with Gasteiger partial charge in [-0.1, -0.05) is 23.5 Å². The first-order chi connectivity index (χ1) is 8.54. The van der Waals surface area contributed by atoms with E-state index in [1.807, 2.05) is 24.3 Å². The third-order valence-electron chi connectivity index (χ3n) is 2.19. The van der Waals surface area contributed by atoms with Crippen molar-refractivity contribution in [1.82, 2.24) is 10.4 Å². The van der Waals surface area contributed by atoms with Crippen molar-refractivity contribution in [3.8, 4) is 0 Å². The van der Waals surface area contributed by atoms with Gasteiger partial charge >= 0.3 is 0 Å². The van der Waals surface area contributed by atoms with Crippen molar-refractivity contribution in [2.45, 2.75) is 6.42 Å². The molecule has 1 aromatic carbocycles. The van der Waals surface area contributed by atoms with E-state index < -0.39 is 10.1 Å². The van der Waals surface area contributed by atoms with Crippen LogP contribution in [-0.2, 0) is 10.1 Å². The van der Waals surface area contributed by atoms with Gasteiger partial charge in [-0.2, -0.15) is 0 Å². The van der Waals surface area contributed by atoms with Gasteiger partial charge in [-0.15, -0.1) is 0 Å². The fourth-order valence-corrected chi connectivity index (χ4v) is 2.74. The lowest BCUT2D eigenvalue weighted by Crippen LogP contribution is -2.24. The van der Waals surface area contributed by atoms with Gasteiger partial charge in [-0.05, 0) is 18.6 Å². The van der Waals surface area contributed by atoms with Gasteiger partial charge in [0.15, 0.2) is 5.13 Å². The van der Waals surface area contributed by atoms with E-state index in [9.17, 15) is 13.0 Å². The summed E-state index contributed by atoms with van der Waals surface area (Å²) in [6.07, 6.45) is 0.268. The topological polar surface area (TPSA) is 94.2 Å². The highest BCUT2D eigenvalue weighted by Crippen LogP contribution is 2.24. The molecule has 0 aliphatic carbocycles. The fraction of sp³-hybridized carbons (Fsp3) is 0.300. The molecule has 2 N–H and O–H groups in total. The zero-order valence-electron chi connectivity index (χ0n) is 9.42. The van der Waals surface area contributed by atoms with Gasteiger partial charge in [0.2, 0.25) is 0 Å². The molecule has 0 amide bonds. The summed E-state index contributed by atoms with van der Waals surface area (Å²) < 4.78 is 32.2. The molecule has 0 saturated carbocycles. The van der Waals surface area contributed by atoms with Crippen molar-refractivity contribution in [3.05, 3.63) is 24.3 Å². The number of anilines is 1. The third kappa shape index (κ3) is 3.91. The summed E-state index contributed by atoms with van der Waals surface area (Å²) in [5.41, 5.74) is 6.62. The standard InChI is InChI=1S/C10H13N3O3S2/c14-18(15,16)7-3-6-11-13-10-12-8-4-1-2-5-9(8)17-10/h1-2,4-5,11H,3,6-7H2,(H,12,13)(H,14,15,16)/p-1. The van der Waals surface area contributed by atoms with Crippen molar-refractivity contribution in [2.75, 3.05) is 17.7 Å². The lowest BCUT2D eigenvalue weighted by Gasteiger charge is -2.07. The van der Waals surface area contributed by atoms with E-state index in [1.54, 1.807) is 0 Å². The Kier molecular flexibility index (Phi) is 4.12. The van der Waals surface area contributed by atoms with Crippen LogP contribution in [0.4, 0.5) is 5.13 Å². The van der Waals surface area contributed by atoms with Crippen LogP contribution in [0, 0.1) is 0 Å². The second-order valence-electron chi connectivity index (χ2n) is 3.65. The summed E-state index contributed by atoms with van der Waals surface area (Å²) in [6, 6.07) is 7.75. The first kappa shape index (κ1) is 13.2. The molecule has 0 radical (unpaired) electrons. The molecule has 0 spiro atoms. The average molecular weight is 286 g/mol. The fourth-order valence-electron chi connectivity index (χ4n) is 1.40. The highest BCUT2D eigenvalue weighted by molar-refractivity contribution is 7.85. The van der Waals surface area contributed by atoms with Crippen LogP contribution >= 0.6 is 11.3 Å². The number of thiazole rings is 1. The quantitative estimate of drug-likeness (QED) is 0.470. The molecule has 0 bridgehead atoms. The number of para-hydroxylation sites is 1. The smallest absolute Gasteiger partial charge is 0.198 e. The summed E-state index contributed by atoms with van der Waals surface area (Å²) in [5, 5.41) is 0.709. The summed E-state index contributed by atoms with van der Waals surface area (Å²) >= 11 is 1.50. The van der Waals surface area contributed by atoms with Crippen LogP contribution in [0.2, 0.25) is 0 Å². The van der Waals surface area contributed by atoms with E-state index in [1.165, 1.54) is 11.3 Å². The van der Waals surface area contributed by atoms with Gasteiger partial charge in [0, 0.05) is 12.3 Å². The first-order valence-electron chi connectivity index (χ1n) is 5.33. The number of hydrogen-bond donors (Lipinski definition) is 2. The van der Waals surface area contributed by atoms with Crippen LogP contribution in [0.3, 0.4) is 0 Å². The summed E-state index contributed by atoms with van der Waals surface area (Å²) in [7, 11) is -4.12. The van der Waals surface area contributed by atoms with E-state index in [0.717, 1.165) is 10.2 Å². The van der Waals surface area contributed by atoms with E-state index in [2.05, 4.69) is 15.8 Å². The van der Waals surface area contributed by atoms with Crippen LogP contribution in [0.15, 0.2) is 24.3 Å². The van der Waals surface area contributed by atoms with E-state index in [4.69, 9.17) is 0 Å². The molecule has 1 aromatic heterocycles. The minimum atomic E-state index is -4.12. The molecular formula is C10H12N3O3S2-. The summed E-state index contributed by atoms with van der Waals surface area (Å²) in [5.74, 6) is -0.360. The van der Waals surface area contributed by atoms with Crippen molar-refractivity contribution < 1.29 is 13.0 Å². The van der Waals surface area contributed by atoms with Crippen LogP contribution in [0.25, 0.3) is 10.2 Å². The predicted molar refractivity (Wildman–Crippen MR) is 70.4 cm³/mol. The maximum atomic E-state index is 10.4. The van der Waals surface area contributed by atoms with Gasteiger partial charge in [0.05, 0.1) is 20.3 Å². The minimum Gasteiger partial charge on any atom is -0.748 e. The van der Waals surface area contributed by atoms with E-state index in [0.29, 0.717) is 11.7 Å². The SMILES string of the molecule is O=S(=O)([O-])CCCNNc1nc2ccccc2s1. The number of fused-ring (bicyclic) bond motifs is 1. The maximum absolute atomic E-state index is 10.4. The van der Waals surface area contributed by atoms with Gasteiger partial charge in [0.1, 0.15) is 0 Å². The highest BCUT2D eigenvalue weighted by atomic mass is 32.2. The Morgan fingerprint density at radius 3 is 2.83 bits per heavy atom. The normalized spacial score (nSPS) is 11.8. The number of hydrazine groups is 1. The molecule has 2 aromatic rings. The van der Waals surface area contributed by atoms with Crippen LogP contribution in [0.5, 0.6) is 0 Å². The number of nitrogens with zero attached hydrogens (tertiary/aromatic N) is 1. The summed E-state index contributed by atoms with van der Waals surface area (Å²) in [6.45, 7) is 0.386. The molecule has 1 heterocycles. The van der Waals surface area contributed by atoms with E-state index >= 15 is 0 Å². The van der Waals surface area contributed by atoms with E-state index in [-0.39, 0.29) is 12.2 Å². The third-order valence-corrected chi connectivity index (χ3v) is 3.93. The lowest BCUT2D eigenvalue weighted by atomic mass is 10.3. The van der Waals surface area contributed by atoms with Gasteiger partial charge in [0.25, 0.3) is 0 Å². The molecule has 0 unspecified atom stereocenters. The lowest BCUT2D eigenvalue weighted by molar-refractivity contribution is 0.460. The number of benzene rings is 1. The average Bonchev–Trinajstić information content (AvgIpc) is 2.69. The van der Waals surface area contributed by atoms with Crippen LogP contribution < -0.4 is 10.9 Å². The Bertz CT molecular complexity index is 591. The number of nitrogens with one attached hydrogen (secondary N) is 2. The van der Waals surface area contributed by atoms with Crippen molar-refractivity contribution in [3.63, 3.8) is 0 Å². The van der Waals surface area contributed by atoms with Crippen molar-refractivity contribution in [1.29, 1.82) is 0 Å². The second kappa shape index (κ2) is 5.61. The second-order valence-corrected chi connectivity index (χ2v) is 6.21. The Balaban J connectivity index is 1.80. The molecule has 0 aliphatic heterocycles. The summed E-state index contributed by atoms with van der Waals surface area (Å²) in [4.78, 5) is 4.32. The largest absolute Gasteiger partial charge is 0.748 e. The zero-order chi connectivity index (χ0) is 13.0.